The Bertz CT molecular complexity index is 691. The van der Waals surface area contributed by atoms with Crippen molar-refractivity contribution in [1.82, 2.24) is 0 Å². The Hall–Kier alpha value is -0.0800. The minimum atomic E-state index is -0.523. The highest BCUT2D eigenvalue weighted by Gasteiger charge is 2.68. The van der Waals surface area contributed by atoms with Gasteiger partial charge in [0.2, 0.25) is 0 Å². The SMILES string of the molecule is CC(CCCC(C)(C)O)C1CCC2(C)C1CCC1C3(C)CCC(O)C(C)(C)C3CCC12C. The Labute approximate surface area is 199 Å². The summed E-state index contributed by atoms with van der Waals surface area (Å²) in [5.74, 6) is 4.00. The van der Waals surface area contributed by atoms with Gasteiger partial charge in [0.15, 0.2) is 0 Å². The van der Waals surface area contributed by atoms with Gasteiger partial charge >= 0.3 is 0 Å². The average Bonchev–Trinajstić information content (AvgIpc) is 3.03. The molecule has 9 atom stereocenters. The Balaban J connectivity index is 1.54. The lowest BCUT2D eigenvalue weighted by Crippen LogP contribution is -2.63. The van der Waals surface area contributed by atoms with Crippen molar-refractivity contribution in [3.05, 3.63) is 0 Å². The van der Waals surface area contributed by atoms with Crippen LogP contribution in [0.3, 0.4) is 0 Å². The van der Waals surface area contributed by atoms with Gasteiger partial charge in [-0.2, -0.15) is 0 Å². The van der Waals surface area contributed by atoms with Crippen LogP contribution in [0.15, 0.2) is 0 Å². The molecule has 0 aromatic heterocycles. The molecule has 0 aliphatic heterocycles. The smallest absolute Gasteiger partial charge is 0.0594 e. The second-order valence-corrected chi connectivity index (χ2v) is 14.9. The van der Waals surface area contributed by atoms with Crippen LogP contribution in [0.1, 0.15) is 126 Å². The molecule has 4 fully saturated rings. The van der Waals surface area contributed by atoms with Gasteiger partial charge in [-0.15, -0.1) is 0 Å². The first-order valence-electron chi connectivity index (χ1n) is 14.1. The van der Waals surface area contributed by atoms with E-state index in [1.165, 1.54) is 51.4 Å². The van der Waals surface area contributed by atoms with Crippen LogP contribution in [0, 0.1) is 51.2 Å². The molecule has 0 aromatic carbocycles. The largest absolute Gasteiger partial charge is 0.393 e. The Morgan fingerprint density at radius 2 is 1.50 bits per heavy atom. The first-order chi connectivity index (χ1) is 14.7. The molecule has 4 aliphatic carbocycles. The van der Waals surface area contributed by atoms with Gasteiger partial charge in [-0.25, -0.2) is 0 Å². The molecule has 2 nitrogen and oxygen atoms in total. The summed E-state index contributed by atoms with van der Waals surface area (Å²) in [4.78, 5) is 0. The standard InChI is InChI=1S/C30H54O2/c1-20(10-9-16-26(2,3)32)21-13-18-29(7)22(21)11-12-24-28(6)17-15-25(31)27(4,5)23(28)14-19-30(24,29)8/h20-25,31-32H,9-19H2,1-8H3. The maximum Gasteiger partial charge on any atom is 0.0594 e. The molecule has 0 bridgehead atoms. The molecule has 9 unspecified atom stereocenters. The summed E-state index contributed by atoms with van der Waals surface area (Å²) in [6.07, 6.45) is 13.8. The molecule has 4 rings (SSSR count). The van der Waals surface area contributed by atoms with E-state index in [1.807, 2.05) is 13.8 Å². The fraction of sp³-hybridized carbons (Fsp3) is 1.00. The van der Waals surface area contributed by atoms with Crippen LogP contribution >= 0.6 is 0 Å². The van der Waals surface area contributed by atoms with Crippen molar-refractivity contribution >= 4 is 0 Å². The number of fused-ring (bicyclic) bond motifs is 5. The predicted molar refractivity (Wildman–Crippen MR) is 134 cm³/mol. The minimum absolute atomic E-state index is 0.0549. The monoisotopic (exact) mass is 446 g/mol. The Morgan fingerprint density at radius 1 is 0.844 bits per heavy atom. The summed E-state index contributed by atoms with van der Waals surface area (Å²) in [6, 6.07) is 0. The first-order valence-corrected chi connectivity index (χ1v) is 14.1. The third kappa shape index (κ3) is 3.64. The fourth-order valence-corrected chi connectivity index (χ4v) is 10.5. The molecule has 4 saturated carbocycles. The summed E-state index contributed by atoms with van der Waals surface area (Å²) < 4.78 is 0. The van der Waals surface area contributed by atoms with Crippen molar-refractivity contribution in [3.8, 4) is 0 Å². The average molecular weight is 447 g/mol. The maximum atomic E-state index is 10.9. The molecular weight excluding hydrogens is 392 g/mol. The second kappa shape index (κ2) is 7.97. The Morgan fingerprint density at radius 3 is 2.16 bits per heavy atom. The number of aliphatic hydroxyl groups is 2. The van der Waals surface area contributed by atoms with Gasteiger partial charge in [0.25, 0.3) is 0 Å². The lowest BCUT2D eigenvalue weighted by Gasteiger charge is -2.70. The second-order valence-electron chi connectivity index (χ2n) is 14.9. The molecule has 186 valence electrons. The van der Waals surface area contributed by atoms with Crippen molar-refractivity contribution < 1.29 is 10.2 Å². The molecule has 0 saturated heterocycles. The van der Waals surface area contributed by atoms with Crippen molar-refractivity contribution in [1.29, 1.82) is 0 Å². The van der Waals surface area contributed by atoms with Gasteiger partial charge < -0.3 is 10.2 Å². The normalized spacial score (nSPS) is 49.1. The molecule has 2 N–H and O–H groups in total. The number of hydrogen-bond acceptors (Lipinski definition) is 2. The molecule has 0 aromatic rings. The summed E-state index contributed by atoms with van der Waals surface area (Å²) in [7, 11) is 0. The van der Waals surface area contributed by atoms with Gasteiger partial charge in [0, 0.05) is 0 Å². The van der Waals surface area contributed by atoms with Crippen molar-refractivity contribution in [3.63, 3.8) is 0 Å². The number of aliphatic hydroxyl groups excluding tert-OH is 1. The molecule has 0 radical (unpaired) electrons. The van der Waals surface area contributed by atoms with E-state index in [1.54, 1.807) is 0 Å². The molecule has 0 spiro atoms. The lowest BCUT2D eigenvalue weighted by molar-refractivity contribution is -0.222. The molecule has 4 aliphatic rings. The van der Waals surface area contributed by atoms with E-state index < -0.39 is 5.60 Å². The molecule has 2 heteroatoms. The zero-order valence-corrected chi connectivity index (χ0v) is 22.6. The maximum absolute atomic E-state index is 10.9. The van der Waals surface area contributed by atoms with Crippen LogP contribution in [0.5, 0.6) is 0 Å². The zero-order valence-electron chi connectivity index (χ0n) is 22.6. The first kappa shape index (κ1) is 25.0. The fourth-order valence-electron chi connectivity index (χ4n) is 10.5. The Kier molecular flexibility index (Phi) is 6.24. The molecule has 0 amide bonds. The quantitative estimate of drug-likeness (QED) is 0.456. The lowest BCUT2D eigenvalue weighted by atomic mass is 9.35. The third-order valence-corrected chi connectivity index (χ3v) is 12.6. The molecule has 32 heavy (non-hydrogen) atoms. The third-order valence-electron chi connectivity index (χ3n) is 12.6. The van der Waals surface area contributed by atoms with Gasteiger partial charge in [0.1, 0.15) is 0 Å². The number of rotatable bonds is 5. The molecular formula is C30H54O2. The van der Waals surface area contributed by atoms with E-state index in [9.17, 15) is 10.2 Å². The van der Waals surface area contributed by atoms with Crippen molar-refractivity contribution in [2.24, 2.45) is 51.2 Å². The summed E-state index contributed by atoms with van der Waals surface area (Å²) in [5.41, 5.74) is 0.838. The van der Waals surface area contributed by atoms with E-state index in [0.29, 0.717) is 22.2 Å². The molecule has 0 heterocycles. The summed E-state index contributed by atoms with van der Waals surface area (Å²) in [5, 5.41) is 21.0. The van der Waals surface area contributed by atoms with Crippen LogP contribution < -0.4 is 0 Å². The van der Waals surface area contributed by atoms with Gasteiger partial charge in [-0.1, -0.05) is 54.4 Å². The van der Waals surface area contributed by atoms with E-state index >= 15 is 0 Å². The van der Waals surface area contributed by atoms with Crippen LogP contribution in [0.4, 0.5) is 0 Å². The van der Waals surface area contributed by atoms with Crippen molar-refractivity contribution in [2.45, 2.75) is 138 Å². The van der Waals surface area contributed by atoms with Gasteiger partial charge in [-0.3, -0.25) is 0 Å². The van der Waals surface area contributed by atoms with Crippen LogP contribution in [-0.4, -0.2) is 21.9 Å². The summed E-state index contributed by atoms with van der Waals surface area (Å²) >= 11 is 0. The van der Waals surface area contributed by atoms with E-state index in [-0.39, 0.29) is 11.5 Å². The number of hydrogen-bond donors (Lipinski definition) is 2. The predicted octanol–water partition coefficient (Wildman–Crippen LogP) is 7.61. The highest BCUT2D eigenvalue weighted by Crippen LogP contribution is 2.75. The highest BCUT2D eigenvalue weighted by molar-refractivity contribution is 5.17. The van der Waals surface area contributed by atoms with E-state index in [2.05, 4.69) is 41.5 Å². The van der Waals surface area contributed by atoms with Crippen LogP contribution in [0.25, 0.3) is 0 Å². The van der Waals surface area contributed by atoms with Gasteiger partial charge in [0.05, 0.1) is 11.7 Å². The van der Waals surface area contributed by atoms with Crippen molar-refractivity contribution in [2.75, 3.05) is 0 Å². The zero-order chi connectivity index (χ0) is 23.7. The van der Waals surface area contributed by atoms with E-state index in [4.69, 9.17) is 0 Å². The topological polar surface area (TPSA) is 40.5 Å². The van der Waals surface area contributed by atoms with Crippen LogP contribution in [-0.2, 0) is 0 Å². The van der Waals surface area contributed by atoms with Crippen LogP contribution in [0.2, 0.25) is 0 Å². The summed E-state index contributed by atoms with van der Waals surface area (Å²) in [6.45, 7) is 19.2. The van der Waals surface area contributed by atoms with Gasteiger partial charge in [-0.05, 0) is 123 Å². The highest BCUT2D eigenvalue weighted by atomic mass is 16.3. The van der Waals surface area contributed by atoms with E-state index in [0.717, 1.165) is 42.9 Å². The minimum Gasteiger partial charge on any atom is -0.393 e.